The molecule has 2 aromatic rings. The Hall–Kier alpha value is -2.82. The Bertz CT molecular complexity index is 1080. The molecule has 0 saturated carbocycles. The van der Waals surface area contributed by atoms with Gasteiger partial charge < -0.3 is 24.3 Å². The molecule has 0 aromatic heterocycles. The van der Waals surface area contributed by atoms with Gasteiger partial charge in [-0.1, -0.05) is 6.07 Å². The number of morpholine rings is 1. The Labute approximate surface area is 201 Å². The van der Waals surface area contributed by atoms with Crippen molar-refractivity contribution in [2.45, 2.75) is 31.2 Å². The van der Waals surface area contributed by atoms with Crippen LogP contribution in [0.2, 0.25) is 0 Å². The molecule has 1 saturated heterocycles. The highest BCUT2D eigenvalue weighted by atomic mass is 32.2. The average Bonchev–Trinajstić information content (AvgIpc) is 2.86. The van der Waals surface area contributed by atoms with E-state index in [1.165, 1.54) is 17.5 Å². The van der Waals surface area contributed by atoms with Crippen molar-refractivity contribution in [1.29, 1.82) is 0 Å². The number of ether oxygens (including phenoxy) is 4. The molecule has 0 atom stereocenters. The van der Waals surface area contributed by atoms with Gasteiger partial charge in [-0.2, -0.15) is 4.31 Å². The van der Waals surface area contributed by atoms with Crippen LogP contribution in [0.15, 0.2) is 41.3 Å². The first-order valence-electron chi connectivity index (χ1n) is 11.2. The van der Waals surface area contributed by atoms with E-state index in [9.17, 15) is 13.2 Å². The van der Waals surface area contributed by atoms with Crippen LogP contribution < -0.4 is 19.5 Å². The number of hydrogen-bond donors (Lipinski definition) is 1. The number of nitrogens with one attached hydrogen (secondary N) is 1. The molecule has 0 unspecified atom stereocenters. The number of benzene rings is 2. The predicted molar refractivity (Wildman–Crippen MR) is 127 cm³/mol. The van der Waals surface area contributed by atoms with Crippen molar-refractivity contribution in [3.05, 3.63) is 47.5 Å². The van der Waals surface area contributed by atoms with Crippen LogP contribution in [0.5, 0.6) is 17.2 Å². The first-order chi connectivity index (χ1) is 16.4. The fourth-order valence-corrected chi connectivity index (χ4v) is 5.14. The topological polar surface area (TPSA) is 103 Å². The van der Waals surface area contributed by atoms with Gasteiger partial charge in [0.1, 0.15) is 5.75 Å². The van der Waals surface area contributed by atoms with Crippen LogP contribution in [0.1, 0.15) is 24.5 Å². The summed E-state index contributed by atoms with van der Waals surface area (Å²) in [4.78, 5) is 12.7. The highest BCUT2D eigenvalue weighted by Crippen LogP contribution is 2.28. The van der Waals surface area contributed by atoms with E-state index in [-0.39, 0.29) is 17.2 Å². The molecule has 1 aliphatic heterocycles. The maximum absolute atomic E-state index is 13.0. The zero-order chi connectivity index (χ0) is 24.6. The van der Waals surface area contributed by atoms with E-state index in [2.05, 4.69) is 5.32 Å². The third kappa shape index (κ3) is 6.40. The minimum absolute atomic E-state index is 0.155. The molecule has 1 aliphatic rings. The highest BCUT2D eigenvalue weighted by molar-refractivity contribution is 7.89. The molecular weight excluding hydrogens is 460 g/mol. The molecule has 0 radical (unpaired) electrons. The number of amides is 1. The third-order valence-electron chi connectivity index (χ3n) is 5.50. The van der Waals surface area contributed by atoms with E-state index in [1.807, 2.05) is 19.1 Å². The number of carbonyl (C=O) groups is 1. The maximum atomic E-state index is 13.0. The largest absolute Gasteiger partial charge is 0.496 e. The van der Waals surface area contributed by atoms with Crippen molar-refractivity contribution < 1.29 is 32.2 Å². The van der Waals surface area contributed by atoms with Crippen molar-refractivity contribution >= 4 is 15.9 Å². The second kappa shape index (κ2) is 12.0. The Morgan fingerprint density at radius 1 is 1.03 bits per heavy atom. The average molecular weight is 493 g/mol. The van der Waals surface area contributed by atoms with E-state index in [0.29, 0.717) is 68.7 Å². The van der Waals surface area contributed by atoms with Crippen LogP contribution in [0.4, 0.5) is 0 Å². The summed E-state index contributed by atoms with van der Waals surface area (Å²) in [6, 6.07) is 10.3. The molecule has 186 valence electrons. The second-order valence-corrected chi connectivity index (χ2v) is 9.62. The van der Waals surface area contributed by atoms with Crippen molar-refractivity contribution in [2.24, 2.45) is 0 Å². The number of carbonyl (C=O) groups excluding carboxylic acids is 1. The van der Waals surface area contributed by atoms with Crippen LogP contribution >= 0.6 is 0 Å². The SMILES string of the molecule is CCOc1cc(CNC(=O)CCc2cc(S(=O)(=O)N3CCOCC3)ccc2OC)ccc1OC. The van der Waals surface area contributed by atoms with Gasteiger partial charge in [0.25, 0.3) is 0 Å². The molecule has 0 spiro atoms. The lowest BCUT2D eigenvalue weighted by Crippen LogP contribution is -2.40. The zero-order valence-electron chi connectivity index (χ0n) is 19.8. The summed E-state index contributed by atoms with van der Waals surface area (Å²) in [5, 5.41) is 2.89. The van der Waals surface area contributed by atoms with E-state index in [4.69, 9.17) is 18.9 Å². The van der Waals surface area contributed by atoms with E-state index in [1.54, 1.807) is 25.3 Å². The standard InChI is InChI=1S/C24H32N2O7S/c1-4-33-23-15-18(5-8-22(23)31-3)17-25-24(27)10-6-19-16-20(7-9-21(19)30-2)34(28,29)26-11-13-32-14-12-26/h5,7-9,15-16H,4,6,10-14,17H2,1-3H3,(H,25,27). The summed E-state index contributed by atoms with van der Waals surface area (Å²) in [6.07, 6.45) is 0.528. The number of aryl methyl sites for hydroxylation is 1. The predicted octanol–water partition coefficient (Wildman–Crippen LogP) is 2.37. The first-order valence-corrected chi connectivity index (χ1v) is 12.6. The number of rotatable bonds is 11. The van der Waals surface area contributed by atoms with Crippen LogP contribution in [0, 0.1) is 0 Å². The van der Waals surface area contributed by atoms with Gasteiger partial charge in [-0.15, -0.1) is 0 Å². The summed E-state index contributed by atoms with van der Waals surface area (Å²) >= 11 is 0. The van der Waals surface area contributed by atoms with Crippen LogP contribution in [-0.2, 0) is 32.5 Å². The van der Waals surface area contributed by atoms with Crippen molar-refractivity contribution in [3.63, 3.8) is 0 Å². The monoisotopic (exact) mass is 492 g/mol. The van der Waals surface area contributed by atoms with Crippen molar-refractivity contribution in [3.8, 4) is 17.2 Å². The quantitative estimate of drug-likeness (QED) is 0.514. The number of hydrogen-bond acceptors (Lipinski definition) is 7. The van der Waals surface area contributed by atoms with E-state index >= 15 is 0 Å². The fourth-order valence-electron chi connectivity index (χ4n) is 3.68. The summed E-state index contributed by atoms with van der Waals surface area (Å²) in [5.74, 6) is 1.65. The van der Waals surface area contributed by atoms with Crippen molar-refractivity contribution in [2.75, 3.05) is 47.1 Å². The van der Waals surface area contributed by atoms with Gasteiger partial charge in [-0.25, -0.2) is 8.42 Å². The maximum Gasteiger partial charge on any atom is 0.243 e. The van der Waals surface area contributed by atoms with Gasteiger partial charge in [0, 0.05) is 26.1 Å². The summed E-state index contributed by atoms with van der Waals surface area (Å²) in [6.45, 7) is 4.14. The summed E-state index contributed by atoms with van der Waals surface area (Å²) in [7, 11) is -0.533. The van der Waals surface area contributed by atoms with Gasteiger partial charge in [0.2, 0.25) is 15.9 Å². The lowest BCUT2D eigenvalue weighted by molar-refractivity contribution is -0.121. The van der Waals surface area contributed by atoms with Crippen LogP contribution in [-0.4, -0.2) is 65.8 Å². The number of sulfonamides is 1. The number of nitrogens with zero attached hydrogens (tertiary/aromatic N) is 1. The normalized spacial score (nSPS) is 14.4. The summed E-state index contributed by atoms with van der Waals surface area (Å²) in [5.41, 5.74) is 1.55. The van der Waals surface area contributed by atoms with Gasteiger partial charge in [-0.05, 0) is 54.8 Å². The van der Waals surface area contributed by atoms with E-state index < -0.39 is 10.0 Å². The molecule has 34 heavy (non-hydrogen) atoms. The third-order valence-corrected chi connectivity index (χ3v) is 7.39. The molecule has 2 aromatic carbocycles. The lowest BCUT2D eigenvalue weighted by atomic mass is 10.1. The fraction of sp³-hybridized carbons (Fsp3) is 0.458. The Morgan fingerprint density at radius 2 is 1.74 bits per heavy atom. The Morgan fingerprint density at radius 3 is 2.41 bits per heavy atom. The van der Waals surface area contributed by atoms with Gasteiger partial charge in [0.15, 0.2) is 11.5 Å². The smallest absolute Gasteiger partial charge is 0.243 e. The molecule has 1 fully saturated rings. The minimum atomic E-state index is -3.63. The zero-order valence-corrected chi connectivity index (χ0v) is 20.7. The lowest BCUT2D eigenvalue weighted by Gasteiger charge is -2.26. The van der Waals surface area contributed by atoms with E-state index in [0.717, 1.165) is 5.56 Å². The number of methoxy groups -OCH3 is 2. The first kappa shape index (κ1) is 25.8. The molecule has 9 nitrogen and oxygen atoms in total. The molecule has 3 rings (SSSR count). The second-order valence-electron chi connectivity index (χ2n) is 7.69. The molecule has 1 heterocycles. The van der Waals surface area contributed by atoms with Crippen LogP contribution in [0.3, 0.4) is 0 Å². The van der Waals surface area contributed by atoms with Crippen molar-refractivity contribution in [1.82, 2.24) is 9.62 Å². The minimum Gasteiger partial charge on any atom is -0.496 e. The highest BCUT2D eigenvalue weighted by Gasteiger charge is 2.27. The summed E-state index contributed by atoms with van der Waals surface area (Å²) < 4.78 is 48.9. The van der Waals surface area contributed by atoms with Gasteiger partial charge in [0.05, 0.1) is 38.9 Å². The molecular formula is C24H32N2O7S. The Balaban J connectivity index is 1.63. The van der Waals surface area contributed by atoms with Crippen LogP contribution in [0.25, 0.3) is 0 Å². The molecule has 0 aliphatic carbocycles. The molecule has 0 bridgehead atoms. The van der Waals surface area contributed by atoms with Gasteiger partial charge in [-0.3, -0.25) is 4.79 Å². The molecule has 10 heteroatoms. The van der Waals surface area contributed by atoms with Gasteiger partial charge >= 0.3 is 0 Å². The Kier molecular flexibility index (Phi) is 9.14. The molecule has 1 amide bonds. The molecule has 1 N–H and O–H groups in total.